The summed E-state index contributed by atoms with van der Waals surface area (Å²) in [7, 11) is 0. The Morgan fingerprint density at radius 2 is 2.00 bits per heavy atom. The third-order valence-corrected chi connectivity index (χ3v) is 3.50. The van der Waals surface area contributed by atoms with Crippen LogP contribution in [0.2, 0.25) is 10.0 Å². The molecule has 0 aromatic heterocycles. The number of carbonyl (C=O) groups excluding carboxylic acids is 2. The fraction of sp³-hybridized carbons (Fsp3) is 0.467. The van der Waals surface area contributed by atoms with Gasteiger partial charge in [-0.2, -0.15) is 0 Å². The van der Waals surface area contributed by atoms with Gasteiger partial charge in [0.25, 0.3) is 5.91 Å². The van der Waals surface area contributed by atoms with E-state index >= 15 is 0 Å². The maximum atomic E-state index is 12.3. The molecule has 2 amide bonds. The van der Waals surface area contributed by atoms with E-state index in [1.54, 1.807) is 6.92 Å². The fourth-order valence-corrected chi connectivity index (χ4v) is 2.42. The van der Waals surface area contributed by atoms with Crippen LogP contribution in [0.25, 0.3) is 0 Å². The molecule has 0 aliphatic carbocycles. The van der Waals surface area contributed by atoms with Crippen LogP contribution in [0.5, 0.6) is 0 Å². The number of aliphatic hydroxyl groups is 1. The minimum atomic E-state index is -0.405. The van der Waals surface area contributed by atoms with Gasteiger partial charge in [-0.15, -0.1) is 0 Å². The Balaban J connectivity index is 3.05. The Labute approximate surface area is 140 Å². The van der Waals surface area contributed by atoms with E-state index < -0.39 is 5.91 Å². The van der Waals surface area contributed by atoms with Crippen molar-refractivity contribution in [2.75, 3.05) is 11.9 Å². The minimum absolute atomic E-state index is 0.0299. The highest BCUT2D eigenvalue weighted by Gasteiger charge is 2.19. The van der Waals surface area contributed by atoms with E-state index in [1.165, 1.54) is 12.1 Å². The molecule has 1 aromatic rings. The zero-order chi connectivity index (χ0) is 16.7. The second-order valence-electron chi connectivity index (χ2n) is 5.00. The van der Waals surface area contributed by atoms with E-state index in [1.807, 2.05) is 6.92 Å². The van der Waals surface area contributed by atoms with Crippen molar-refractivity contribution in [2.45, 2.75) is 39.2 Å². The van der Waals surface area contributed by atoms with Gasteiger partial charge >= 0.3 is 0 Å². The monoisotopic (exact) mass is 346 g/mol. The Morgan fingerprint density at radius 1 is 1.32 bits per heavy atom. The summed E-state index contributed by atoms with van der Waals surface area (Å²) >= 11 is 12.0. The predicted molar refractivity (Wildman–Crippen MR) is 88.6 cm³/mol. The van der Waals surface area contributed by atoms with Crippen molar-refractivity contribution < 1.29 is 14.7 Å². The van der Waals surface area contributed by atoms with Crippen molar-refractivity contribution in [3.63, 3.8) is 0 Å². The predicted octanol–water partition coefficient (Wildman–Crippen LogP) is 3.23. The van der Waals surface area contributed by atoms with Crippen LogP contribution in [-0.2, 0) is 4.79 Å². The Hall–Kier alpha value is -1.30. The first-order chi connectivity index (χ1) is 10.4. The topological polar surface area (TPSA) is 78.4 Å². The van der Waals surface area contributed by atoms with E-state index in [9.17, 15) is 9.59 Å². The van der Waals surface area contributed by atoms with E-state index in [2.05, 4.69) is 10.6 Å². The number of anilines is 1. The van der Waals surface area contributed by atoms with Crippen molar-refractivity contribution in [1.29, 1.82) is 0 Å². The molecule has 7 heteroatoms. The summed E-state index contributed by atoms with van der Waals surface area (Å²) in [5.74, 6) is -0.624. The van der Waals surface area contributed by atoms with Crippen LogP contribution in [0.1, 0.15) is 43.5 Å². The van der Waals surface area contributed by atoms with Gasteiger partial charge in [0.1, 0.15) is 0 Å². The quantitative estimate of drug-likeness (QED) is 0.709. The first-order valence-corrected chi connectivity index (χ1v) is 7.85. The third-order valence-electron chi connectivity index (χ3n) is 2.98. The van der Waals surface area contributed by atoms with Crippen LogP contribution < -0.4 is 10.6 Å². The van der Waals surface area contributed by atoms with Crippen molar-refractivity contribution in [2.24, 2.45) is 0 Å². The van der Waals surface area contributed by atoms with Crippen LogP contribution in [0.15, 0.2) is 12.1 Å². The molecular formula is C15H20Cl2N2O3. The van der Waals surface area contributed by atoms with Gasteiger partial charge in [0.15, 0.2) is 0 Å². The van der Waals surface area contributed by atoms with Crippen LogP contribution in [0, 0.1) is 0 Å². The first-order valence-electron chi connectivity index (χ1n) is 7.09. The number of hydrogen-bond donors (Lipinski definition) is 3. The number of rotatable bonds is 7. The van der Waals surface area contributed by atoms with Crippen LogP contribution in [0.3, 0.4) is 0 Å². The summed E-state index contributed by atoms with van der Waals surface area (Å²) in [6.07, 6.45) is 1.45. The highest BCUT2D eigenvalue weighted by Crippen LogP contribution is 2.30. The molecule has 0 spiro atoms. The van der Waals surface area contributed by atoms with Gasteiger partial charge in [0.2, 0.25) is 5.91 Å². The zero-order valence-electron chi connectivity index (χ0n) is 12.6. The highest BCUT2D eigenvalue weighted by atomic mass is 35.5. The molecule has 0 bridgehead atoms. The summed E-state index contributed by atoms with van der Waals surface area (Å²) in [4.78, 5) is 24.1. The Bertz CT molecular complexity index is 550. The SMILES string of the molecule is CCCC(=O)Nc1c(Cl)cc(Cl)cc1C(=O)N[C@H](C)CCO. The Morgan fingerprint density at radius 3 is 2.59 bits per heavy atom. The number of nitrogens with one attached hydrogen (secondary N) is 2. The van der Waals surface area contributed by atoms with Gasteiger partial charge in [0, 0.05) is 24.1 Å². The molecule has 1 rings (SSSR count). The van der Waals surface area contributed by atoms with E-state index in [0.29, 0.717) is 24.3 Å². The molecule has 0 aliphatic heterocycles. The zero-order valence-corrected chi connectivity index (χ0v) is 14.1. The molecule has 0 unspecified atom stereocenters. The average Bonchev–Trinajstić information content (AvgIpc) is 2.41. The van der Waals surface area contributed by atoms with Crippen molar-refractivity contribution in [3.8, 4) is 0 Å². The lowest BCUT2D eigenvalue weighted by atomic mass is 10.1. The van der Waals surface area contributed by atoms with Gasteiger partial charge < -0.3 is 15.7 Å². The molecule has 1 atom stereocenters. The van der Waals surface area contributed by atoms with Crippen LogP contribution in [0.4, 0.5) is 5.69 Å². The molecule has 0 saturated carbocycles. The number of halogens is 2. The molecule has 122 valence electrons. The van der Waals surface area contributed by atoms with Crippen molar-refractivity contribution in [1.82, 2.24) is 5.32 Å². The summed E-state index contributed by atoms with van der Waals surface area (Å²) in [6, 6.07) is 2.71. The van der Waals surface area contributed by atoms with Gasteiger partial charge in [0.05, 0.1) is 16.3 Å². The van der Waals surface area contributed by atoms with Gasteiger partial charge in [-0.05, 0) is 31.9 Å². The van der Waals surface area contributed by atoms with Gasteiger partial charge in [-0.3, -0.25) is 9.59 Å². The number of amides is 2. The summed E-state index contributed by atoms with van der Waals surface area (Å²) in [5.41, 5.74) is 0.449. The highest BCUT2D eigenvalue weighted by molar-refractivity contribution is 6.38. The maximum absolute atomic E-state index is 12.3. The molecule has 0 aliphatic rings. The fourth-order valence-electron chi connectivity index (χ4n) is 1.88. The lowest BCUT2D eigenvalue weighted by Gasteiger charge is -2.16. The number of carbonyl (C=O) groups is 2. The van der Waals surface area contributed by atoms with E-state index in [4.69, 9.17) is 28.3 Å². The van der Waals surface area contributed by atoms with Crippen LogP contribution in [-0.4, -0.2) is 29.6 Å². The van der Waals surface area contributed by atoms with E-state index in [-0.39, 0.29) is 34.8 Å². The molecule has 0 fully saturated rings. The number of hydrogen-bond acceptors (Lipinski definition) is 3. The lowest BCUT2D eigenvalue weighted by molar-refractivity contribution is -0.116. The van der Waals surface area contributed by atoms with E-state index in [0.717, 1.165) is 0 Å². The molecule has 1 aromatic carbocycles. The summed E-state index contributed by atoms with van der Waals surface area (Å²) < 4.78 is 0. The molecule has 0 saturated heterocycles. The standard InChI is InChI=1S/C15H20Cl2N2O3/c1-3-4-13(21)19-14-11(7-10(16)8-12(14)17)15(22)18-9(2)5-6-20/h7-9,20H,3-6H2,1-2H3,(H,18,22)(H,19,21)/t9-/m1/s1. The molecule has 0 radical (unpaired) electrons. The van der Waals surface area contributed by atoms with Gasteiger partial charge in [-0.1, -0.05) is 30.1 Å². The molecule has 3 N–H and O–H groups in total. The second-order valence-corrected chi connectivity index (χ2v) is 5.84. The molecular weight excluding hydrogens is 327 g/mol. The number of aliphatic hydroxyl groups excluding tert-OH is 1. The molecule has 5 nitrogen and oxygen atoms in total. The summed E-state index contributed by atoms with van der Waals surface area (Å²) in [6.45, 7) is 3.63. The van der Waals surface area contributed by atoms with Crippen LogP contribution >= 0.6 is 23.2 Å². The third kappa shape index (κ3) is 5.48. The lowest BCUT2D eigenvalue weighted by Crippen LogP contribution is -2.34. The smallest absolute Gasteiger partial charge is 0.253 e. The molecule has 0 heterocycles. The van der Waals surface area contributed by atoms with Gasteiger partial charge in [-0.25, -0.2) is 0 Å². The normalized spacial score (nSPS) is 11.9. The minimum Gasteiger partial charge on any atom is -0.396 e. The molecule has 22 heavy (non-hydrogen) atoms. The van der Waals surface area contributed by atoms with Crippen molar-refractivity contribution in [3.05, 3.63) is 27.7 Å². The Kier molecular flexibility index (Phi) is 7.65. The first kappa shape index (κ1) is 18.7. The number of benzene rings is 1. The van der Waals surface area contributed by atoms with Crippen molar-refractivity contribution >= 4 is 40.7 Å². The summed E-state index contributed by atoms with van der Waals surface area (Å²) in [5, 5.41) is 14.8. The largest absolute Gasteiger partial charge is 0.396 e. The maximum Gasteiger partial charge on any atom is 0.253 e. The second kappa shape index (κ2) is 8.98. The average molecular weight is 347 g/mol.